The molecule has 2 aromatic rings. The Labute approximate surface area is 141 Å². The summed E-state index contributed by atoms with van der Waals surface area (Å²) < 4.78 is 32.8. The minimum Gasteiger partial charge on any atom is -0.497 e. The summed E-state index contributed by atoms with van der Waals surface area (Å²) in [6.45, 7) is 1.90. The standard InChI is InChI=1S/C17H20N2O4S/c1-3-16(12-4-8-14(23-2)9-5-12)19-24(21,22)15-10-6-13(7-11-15)17(18)20/h4-11,16,19H,3H2,1-2H3,(H2,18,20). The fraction of sp³-hybridized carbons (Fsp3) is 0.235. The number of carbonyl (C=O) groups is 1. The average Bonchev–Trinajstić information content (AvgIpc) is 2.60. The lowest BCUT2D eigenvalue weighted by molar-refractivity contribution is 0.1000. The number of rotatable bonds is 7. The summed E-state index contributed by atoms with van der Waals surface area (Å²) in [6, 6.07) is 12.4. The van der Waals surface area contributed by atoms with Crippen LogP contribution in [0.25, 0.3) is 0 Å². The number of hydrogen-bond acceptors (Lipinski definition) is 4. The lowest BCUT2D eigenvalue weighted by atomic mass is 10.1. The molecule has 2 rings (SSSR count). The van der Waals surface area contributed by atoms with Gasteiger partial charge < -0.3 is 10.5 Å². The van der Waals surface area contributed by atoms with Gasteiger partial charge in [-0.1, -0.05) is 19.1 Å². The third-order valence-electron chi connectivity index (χ3n) is 3.67. The molecule has 6 nitrogen and oxygen atoms in total. The third-order valence-corrected chi connectivity index (χ3v) is 5.16. The maximum absolute atomic E-state index is 12.5. The van der Waals surface area contributed by atoms with Crippen LogP contribution in [0.2, 0.25) is 0 Å². The second-order valence-corrected chi connectivity index (χ2v) is 6.96. The first kappa shape index (κ1) is 18.0. The highest BCUT2D eigenvalue weighted by Gasteiger charge is 2.20. The van der Waals surface area contributed by atoms with Crippen LogP contribution >= 0.6 is 0 Å². The van der Waals surface area contributed by atoms with Crippen molar-refractivity contribution >= 4 is 15.9 Å². The van der Waals surface area contributed by atoms with Crippen LogP contribution in [0, 0.1) is 0 Å². The highest BCUT2D eigenvalue weighted by molar-refractivity contribution is 7.89. The summed E-state index contributed by atoms with van der Waals surface area (Å²) in [5, 5.41) is 0. The molecule has 0 bridgehead atoms. The molecule has 24 heavy (non-hydrogen) atoms. The number of sulfonamides is 1. The smallest absolute Gasteiger partial charge is 0.248 e. The largest absolute Gasteiger partial charge is 0.497 e. The number of carbonyl (C=O) groups excluding carboxylic acids is 1. The predicted molar refractivity (Wildman–Crippen MR) is 91.3 cm³/mol. The van der Waals surface area contributed by atoms with Crippen LogP contribution in [0.3, 0.4) is 0 Å². The molecule has 0 radical (unpaired) electrons. The van der Waals surface area contributed by atoms with E-state index >= 15 is 0 Å². The van der Waals surface area contributed by atoms with Crippen LogP contribution in [0.1, 0.15) is 35.3 Å². The summed E-state index contributed by atoms with van der Waals surface area (Å²) in [6.07, 6.45) is 0.588. The van der Waals surface area contributed by atoms with E-state index in [2.05, 4.69) is 4.72 Å². The highest BCUT2D eigenvalue weighted by Crippen LogP contribution is 2.22. The fourth-order valence-electron chi connectivity index (χ4n) is 2.28. The van der Waals surface area contributed by atoms with Crippen LogP contribution in [0.5, 0.6) is 5.75 Å². The van der Waals surface area contributed by atoms with Crippen molar-refractivity contribution in [3.8, 4) is 5.75 Å². The quantitative estimate of drug-likeness (QED) is 0.801. The van der Waals surface area contributed by atoms with Crippen molar-refractivity contribution in [2.75, 3.05) is 7.11 Å². The van der Waals surface area contributed by atoms with E-state index in [9.17, 15) is 13.2 Å². The van der Waals surface area contributed by atoms with Crippen molar-refractivity contribution in [2.45, 2.75) is 24.3 Å². The molecule has 0 aliphatic carbocycles. The van der Waals surface area contributed by atoms with E-state index < -0.39 is 15.9 Å². The second-order valence-electron chi connectivity index (χ2n) is 5.24. The van der Waals surface area contributed by atoms with E-state index in [-0.39, 0.29) is 16.5 Å². The molecule has 128 valence electrons. The fourth-order valence-corrected chi connectivity index (χ4v) is 3.58. The normalized spacial score (nSPS) is 12.6. The monoisotopic (exact) mass is 348 g/mol. The van der Waals surface area contributed by atoms with Crippen molar-refractivity contribution in [1.29, 1.82) is 0 Å². The van der Waals surface area contributed by atoms with Gasteiger partial charge in [0.1, 0.15) is 5.75 Å². The molecular formula is C17H20N2O4S. The zero-order chi connectivity index (χ0) is 17.7. The van der Waals surface area contributed by atoms with Crippen molar-refractivity contribution < 1.29 is 17.9 Å². The van der Waals surface area contributed by atoms with Gasteiger partial charge in [-0.05, 0) is 48.4 Å². The Kier molecular flexibility index (Phi) is 5.58. The average molecular weight is 348 g/mol. The van der Waals surface area contributed by atoms with Crippen LogP contribution in [-0.4, -0.2) is 21.4 Å². The Hall–Kier alpha value is -2.38. The number of methoxy groups -OCH3 is 1. The van der Waals surface area contributed by atoms with E-state index in [1.807, 2.05) is 19.1 Å². The molecule has 1 atom stereocenters. The maximum atomic E-state index is 12.5. The second kappa shape index (κ2) is 7.46. The van der Waals surface area contributed by atoms with Gasteiger partial charge in [-0.15, -0.1) is 0 Å². The van der Waals surface area contributed by atoms with Gasteiger partial charge in [0.05, 0.1) is 12.0 Å². The number of benzene rings is 2. The number of nitrogens with one attached hydrogen (secondary N) is 1. The molecule has 0 saturated heterocycles. The Morgan fingerprint density at radius 3 is 2.17 bits per heavy atom. The molecule has 0 aliphatic rings. The Morgan fingerprint density at radius 1 is 1.12 bits per heavy atom. The first-order valence-corrected chi connectivity index (χ1v) is 8.92. The molecule has 0 spiro atoms. The van der Waals surface area contributed by atoms with Crippen LogP contribution in [-0.2, 0) is 10.0 Å². The summed E-state index contributed by atoms with van der Waals surface area (Å²) >= 11 is 0. The predicted octanol–water partition coefficient (Wildman–Crippen LogP) is 2.22. The molecule has 1 amide bonds. The Morgan fingerprint density at radius 2 is 1.71 bits per heavy atom. The van der Waals surface area contributed by atoms with Gasteiger partial charge in [-0.2, -0.15) is 0 Å². The molecule has 0 aromatic heterocycles. The summed E-state index contributed by atoms with van der Waals surface area (Å²) in [7, 11) is -2.14. The molecule has 1 unspecified atom stereocenters. The van der Waals surface area contributed by atoms with Gasteiger partial charge in [-0.3, -0.25) is 4.79 Å². The van der Waals surface area contributed by atoms with E-state index in [1.165, 1.54) is 24.3 Å². The molecule has 7 heteroatoms. The van der Waals surface area contributed by atoms with Gasteiger partial charge in [0, 0.05) is 11.6 Å². The minimum atomic E-state index is -3.71. The van der Waals surface area contributed by atoms with Crippen molar-refractivity contribution in [2.24, 2.45) is 5.73 Å². The number of primary amides is 1. The van der Waals surface area contributed by atoms with Gasteiger partial charge >= 0.3 is 0 Å². The van der Waals surface area contributed by atoms with Gasteiger partial charge in [0.15, 0.2) is 0 Å². The molecule has 2 aromatic carbocycles. The number of ether oxygens (including phenoxy) is 1. The topological polar surface area (TPSA) is 98.5 Å². The molecular weight excluding hydrogens is 328 g/mol. The maximum Gasteiger partial charge on any atom is 0.248 e. The Balaban J connectivity index is 2.22. The van der Waals surface area contributed by atoms with Crippen LogP contribution in [0.4, 0.5) is 0 Å². The zero-order valence-electron chi connectivity index (χ0n) is 13.5. The lowest BCUT2D eigenvalue weighted by Crippen LogP contribution is -2.28. The van der Waals surface area contributed by atoms with Crippen LogP contribution in [0.15, 0.2) is 53.4 Å². The van der Waals surface area contributed by atoms with Crippen molar-refractivity contribution in [3.63, 3.8) is 0 Å². The Bertz CT molecular complexity index is 799. The highest BCUT2D eigenvalue weighted by atomic mass is 32.2. The molecule has 3 N–H and O–H groups in total. The zero-order valence-corrected chi connectivity index (χ0v) is 14.3. The van der Waals surface area contributed by atoms with E-state index in [0.717, 1.165) is 5.56 Å². The van der Waals surface area contributed by atoms with Gasteiger partial charge in [0.25, 0.3) is 0 Å². The summed E-state index contributed by atoms with van der Waals surface area (Å²) in [5.74, 6) is 0.107. The van der Waals surface area contributed by atoms with Gasteiger partial charge in [-0.25, -0.2) is 13.1 Å². The van der Waals surface area contributed by atoms with E-state index in [1.54, 1.807) is 19.2 Å². The van der Waals surface area contributed by atoms with Crippen molar-refractivity contribution in [1.82, 2.24) is 4.72 Å². The molecule has 0 aliphatic heterocycles. The van der Waals surface area contributed by atoms with E-state index in [0.29, 0.717) is 12.2 Å². The molecule has 0 heterocycles. The number of nitrogens with two attached hydrogens (primary N) is 1. The molecule has 0 saturated carbocycles. The third kappa shape index (κ3) is 4.12. The minimum absolute atomic E-state index is 0.0828. The van der Waals surface area contributed by atoms with Gasteiger partial charge in [0.2, 0.25) is 15.9 Å². The lowest BCUT2D eigenvalue weighted by Gasteiger charge is -2.18. The van der Waals surface area contributed by atoms with E-state index in [4.69, 9.17) is 10.5 Å². The first-order valence-electron chi connectivity index (χ1n) is 7.43. The van der Waals surface area contributed by atoms with Crippen LogP contribution < -0.4 is 15.2 Å². The number of hydrogen-bond donors (Lipinski definition) is 2. The SMILES string of the molecule is CCC(NS(=O)(=O)c1ccc(C(N)=O)cc1)c1ccc(OC)cc1. The summed E-state index contributed by atoms with van der Waals surface area (Å²) in [5.41, 5.74) is 6.26. The van der Waals surface area contributed by atoms with Crippen molar-refractivity contribution in [3.05, 3.63) is 59.7 Å². The first-order chi connectivity index (χ1) is 11.4. The summed E-state index contributed by atoms with van der Waals surface area (Å²) in [4.78, 5) is 11.2. The molecule has 0 fully saturated rings. The number of amides is 1.